The zero-order valence-corrected chi connectivity index (χ0v) is 9.21. The average molecular weight is 201 g/mol. The number of hydrogen-bond donors (Lipinski definition) is 1. The number of hydrogen-bond acceptors (Lipinski definition) is 1. The topological polar surface area (TPSA) is 26.0 Å². The largest absolute Gasteiger partial charge is 0.324 e. The molecule has 0 atom stereocenters. The molecule has 1 aromatic rings. The maximum atomic E-state index is 6.61. The monoisotopic (exact) mass is 201 g/mol. The third-order valence-electron chi connectivity index (χ3n) is 4.33. The van der Waals surface area contributed by atoms with Crippen molar-refractivity contribution in [1.29, 1.82) is 0 Å². The summed E-state index contributed by atoms with van der Waals surface area (Å²) in [5.74, 6) is 0.768. The molecule has 80 valence electrons. The van der Waals surface area contributed by atoms with Gasteiger partial charge in [0.15, 0.2) is 0 Å². The Hall–Kier alpha value is -0.820. The minimum absolute atomic E-state index is 0.0835. The first-order valence-electron chi connectivity index (χ1n) is 6.14. The molecule has 1 fully saturated rings. The molecule has 0 aliphatic heterocycles. The number of nitrogens with two attached hydrogens (primary N) is 1. The predicted octanol–water partition coefficient (Wildman–Crippen LogP) is 2.67. The van der Waals surface area contributed by atoms with Gasteiger partial charge in [-0.15, -0.1) is 0 Å². The molecule has 2 N–H and O–H groups in total. The van der Waals surface area contributed by atoms with Crippen LogP contribution in [0.1, 0.15) is 36.8 Å². The Balaban J connectivity index is 1.87. The summed E-state index contributed by atoms with van der Waals surface area (Å²) in [6, 6.07) is 8.77. The summed E-state index contributed by atoms with van der Waals surface area (Å²) in [4.78, 5) is 0. The molecule has 1 aromatic carbocycles. The van der Waals surface area contributed by atoms with E-state index in [4.69, 9.17) is 5.73 Å². The summed E-state index contributed by atoms with van der Waals surface area (Å²) < 4.78 is 0. The van der Waals surface area contributed by atoms with E-state index in [2.05, 4.69) is 24.3 Å². The Kier molecular flexibility index (Phi) is 2.10. The van der Waals surface area contributed by atoms with E-state index in [0.29, 0.717) is 0 Å². The summed E-state index contributed by atoms with van der Waals surface area (Å²) in [5.41, 5.74) is 9.68. The first-order chi connectivity index (χ1) is 7.28. The van der Waals surface area contributed by atoms with Crippen molar-refractivity contribution in [3.8, 4) is 0 Å². The Bertz CT molecular complexity index is 338. The van der Waals surface area contributed by atoms with Gasteiger partial charge in [-0.1, -0.05) is 37.1 Å². The first kappa shape index (κ1) is 9.41. The molecular formula is C14H19N. The SMILES string of the molecule is NC1(C2CCCC2)Cc2ccccc2C1. The van der Waals surface area contributed by atoms with E-state index in [1.807, 2.05) is 0 Å². The van der Waals surface area contributed by atoms with Crippen molar-refractivity contribution >= 4 is 0 Å². The van der Waals surface area contributed by atoms with E-state index in [9.17, 15) is 0 Å². The highest BCUT2D eigenvalue weighted by Crippen LogP contribution is 2.40. The van der Waals surface area contributed by atoms with Gasteiger partial charge >= 0.3 is 0 Å². The van der Waals surface area contributed by atoms with Crippen molar-refractivity contribution in [3.63, 3.8) is 0 Å². The molecule has 0 unspecified atom stereocenters. The van der Waals surface area contributed by atoms with Gasteiger partial charge < -0.3 is 5.73 Å². The van der Waals surface area contributed by atoms with E-state index >= 15 is 0 Å². The molecule has 3 rings (SSSR count). The molecule has 0 aromatic heterocycles. The highest BCUT2D eigenvalue weighted by atomic mass is 14.8. The molecule has 0 saturated heterocycles. The van der Waals surface area contributed by atoms with Gasteiger partial charge in [0, 0.05) is 5.54 Å². The van der Waals surface area contributed by atoms with Crippen molar-refractivity contribution in [1.82, 2.24) is 0 Å². The van der Waals surface area contributed by atoms with Gasteiger partial charge in [-0.2, -0.15) is 0 Å². The second-order valence-electron chi connectivity index (χ2n) is 5.34. The fourth-order valence-corrected chi connectivity index (χ4v) is 3.46. The van der Waals surface area contributed by atoms with Crippen LogP contribution < -0.4 is 5.73 Å². The zero-order valence-electron chi connectivity index (χ0n) is 9.21. The van der Waals surface area contributed by atoms with Crippen molar-refractivity contribution < 1.29 is 0 Å². The standard InChI is InChI=1S/C14H19N/c15-14(13-7-3-4-8-13)9-11-5-1-2-6-12(11)10-14/h1-2,5-6,13H,3-4,7-10,15H2. The van der Waals surface area contributed by atoms with Crippen molar-refractivity contribution in [2.24, 2.45) is 11.7 Å². The average Bonchev–Trinajstić information content (AvgIpc) is 2.83. The molecule has 1 saturated carbocycles. The zero-order chi connectivity index (χ0) is 10.3. The highest BCUT2D eigenvalue weighted by molar-refractivity contribution is 5.36. The number of benzene rings is 1. The summed E-state index contributed by atoms with van der Waals surface area (Å²) in [6.45, 7) is 0. The summed E-state index contributed by atoms with van der Waals surface area (Å²) >= 11 is 0. The molecule has 15 heavy (non-hydrogen) atoms. The molecule has 0 heterocycles. The van der Waals surface area contributed by atoms with Gasteiger partial charge in [-0.3, -0.25) is 0 Å². The third kappa shape index (κ3) is 1.50. The van der Waals surface area contributed by atoms with Crippen LogP contribution in [0.25, 0.3) is 0 Å². The lowest BCUT2D eigenvalue weighted by molar-refractivity contribution is 0.286. The fourth-order valence-electron chi connectivity index (χ4n) is 3.46. The summed E-state index contributed by atoms with van der Waals surface area (Å²) in [5, 5.41) is 0. The highest BCUT2D eigenvalue weighted by Gasteiger charge is 2.41. The van der Waals surface area contributed by atoms with Crippen LogP contribution in [-0.2, 0) is 12.8 Å². The van der Waals surface area contributed by atoms with Crippen LogP contribution in [0, 0.1) is 5.92 Å². The van der Waals surface area contributed by atoms with Gasteiger partial charge in [-0.25, -0.2) is 0 Å². The molecule has 0 spiro atoms. The molecule has 2 aliphatic carbocycles. The van der Waals surface area contributed by atoms with Crippen LogP contribution in [0.15, 0.2) is 24.3 Å². The first-order valence-corrected chi connectivity index (χ1v) is 6.14. The van der Waals surface area contributed by atoms with E-state index in [1.165, 1.54) is 36.8 Å². The molecule has 0 radical (unpaired) electrons. The molecule has 1 heteroatoms. The van der Waals surface area contributed by atoms with Crippen molar-refractivity contribution in [2.45, 2.75) is 44.1 Å². The van der Waals surface area contributed by atoms with Crippen LogP contribution in [0.4, 0.5) is 0 Å². The van der Waals surface area contributed by atoms with Crippen LogP contribution >= 0.6 is 0 Å². The molecule has 1 nitrogen and oxygen atoms in total. The van der Waals surface area contributed by atoms with E-state index in [-0.39, 0.29) is 5.54 Å². The van der Waals surface area contributed by atoms with E-state index in [0.717, 1.165) is 18.8 Å². The maximum absolute atomic E-state index is 6.61. The second kappa shape index (κ2) is 3.34. The van der Waals surface area contributed by atoms with Crippen molar-refractivity contribution in [2.75, 3.05) is 0 Å². The molecular weight excluding hydrogens is 182 g/mol. The second-order valence-corrected chi connectivity index (χ2v) is 5.34. The smallest absolute Gasteiger partial charge is 0.0264 e. The molecule has 0 bridgehead atoms. The fraction of sp³-hybridized carbons (Fsp3) is 0.571. The quantitative estimate of drug-likeness (QED) is 0.742. The molecule has 0 amide bonds. The minimum atomic E-state index is 0.0835. The Morgan fingerprint density at radius 2 is 1.53 bits per heavy atom. The van der Waals surface area contributed by atoms with Gasteiger partial charge in [0.25, 0.3) is 0 Å². The van der Waals surface area contributed by atoms with Crippen molar-refractivity contribution in [3.05, 3.63) is 35.4 Å². The predicted molar refractivity (Wildman–Crippen MR) is 62.7 cm³/mol. The Morgan fingerprint density at radius 3 is 2.07 bits per heavy atom. The van der Waals surface area contributed by atoms with E-state index in [1.54, 1.807) is 0 Å². The van der Waals surface area contributed by atoms with Crippen LogP contribution in [0.2, 0.25) is 0 Å². The Labute approximate surface area is 91.7 Å². The summed E-state index contributed by atoms with van der Waals surface area (Å²) in [6.07, 6.45) is 7.69. The van der Waals surface area contributed by atoms with Gasteiger partial charge in [0.1, 0.15) is 0 Å². The van der Waals surface area contributed by atoms with Crippen LogP contribution in [0.3, 0.4) is 0 Å². The van der Waals surface area contributed by atoms with Gasteiger partial charge in [-0.05, 0) is 42.7 Å². The van der Waals surface area contributed by atoms with E-state index < -0.39 is 0 Å². The maximum Gasteiger partial charge on any atom is 0.0264 e. The lowest BCUT2D eigenvalue weighted by atomic mass is 9.81. The van der Waals surface area contributed by atoms with Gasteiger partial charge in [0.2, 0.25) is 0 Å². The number of rotatable bonds is 1. The Morgan fingerprint density at radius 1 is 1.00 bits per heavy atom. The minimum Gasteiger partial charge on any atom is -0.324 e. The van der Waals surface area contributed by atoms with Crippen LogP contribution in [-0.4, -0.2) is 5.54 Å². The van der Waals surface area contributed by atoms with Crippen LogP contribution in [0.5, 0.6) is 0 Å². The number of fused-ring (bicyclic) bond motifs is 1. The van der Waals surface area contributed by atoms with Gasteiger partial charge in [0.05, 0.1) is 0 Å². The molecule has 2 aliphatic rings. The lowest BCUT2D eigenvalue weighted by Gasteiger charge is -2.31. The third-order valence-corrected chi connectivity index (χ3v) is 4.33. The normalized spacial score (nSPS) is 24.3. The lowest BCUT2D eigenvalue weighted by Crippen LogP contribution is -2.47. The summed E-state index contributed by atoms with van der Waals surface area (Å²) in [7, 11) is 0.